The zero-order valence-corrected chi connectivity index (χ0v) is 53.0. The van der Waals surface area contributed by atoms with E-state index in [0.717, 1.165) is 11.8 Å². The number of aliphatic hydroxyl groups is 13. The summed E-state index contributed by atoms with van der Waals surface area (Å²) in [6, 6.07) is -0.566. The summed E-state index contributed by atoms with van der Waals surface area (Å²) in [5.41, 5.74) is 2.72. The molecule has 5 heterocycles. The maximum atomic E-state index is 15.4. The van der Waals surface area contributed by atoms with Gasteiger partial charge in [0.15, 0.2) is 30.5 Å². The number of guanidine groups is 2. The van der Waals surface area contributed by atoms with Gasteiger partial charge in [-0.05, 0) is 50.1 Å². The number of amides is 5. The zero-order chi connectivity index (χ0) is 71.5. The summed E-state index contributed by atoms with van der Waals surface area (Å²) in [6.45, 7) is 0.357. The molecule has 38 nitrogen and oxygen atoms in total. The molecule has 24 N–H and O–H groups in total. The van der Waals surface area contributed by atoms with E-state index in [-0.39, 0.29) is 29.5 Å². The first kappa shape index (κ1) is 76.9. The van der Waals surface area contributed by atoms with Crippen molar-refractivity contribution < 1.29 is 128 Å². The molecule has 2 aromatic carbocycles. The van der Waals surface area contributed by atoms with Gasteiger partial charge in [-0.3, -0.25) is 49.3 Å². The van der Waals surface area contributed by atoms with Crippen LogP contribution in [0.3, 0.4) is 0 Å². The molecule has 7 rings (SSSR count). The van der Waals surface area contributed by atoms with E-state index in [9.17, 15) is 90.4 Å². The normalized spacial score (nSPS) is 31.6. The predicted octanol–water partition coefficient (Wildman–Crippen LogP) is -11.1. The molecule has 1 radical (unpaired) electrons. The first-order chi connectivity index (χ1) is 46.0. The van der Waals surface area contributed by atoms with Crippen molar-refractivity contribution in [1.82, 2.24) is 42.1 Å². The van der Waals surface area contributed by atoms with Gasteiger partial charge in [-0.25, -0.2) is 0 Å². The molecule has 20 unspecified atom stereocenters. The topological polar surface area (TPSA) is 602 Å². The maximum Gasteiger partial charge on any atom is 0.309 e. The highest BCUT2D eigenvalue weighted by Gasteiger charge is 2.58. The molecular formula is C59H87N12O26. The van der Waals surface area contributed by atoms with E-state index in [1.165, 1.54) is 67.8 Å². The number of para-hydroxylation sites is 1. The summed E-state index contributed by atoms with van der Waals surface area (Å²) in [5, 5.41) is 178. The average molecular weight is 1380 g/mol. The lowest BCUT2D eigenvalue weighted by atomic mass is 9.84. The zero-order valence-electron chi connectivity index (χ0n) is 53.0. The quantitative estimate of drug-likeness (QED) is 0.0323. The molecule has 5 amide bonds. The first-order valence-electron chi connectivity index (χ1n) is 31.0. The minimum atomic E-state index is -2.83. The first-order valence-corrected chi connectivity index (χ1v) is 31.0. The van der Waals surface area contributed by atoms with Gasteiger partial charge in [0.2, 0.25) is 36.2 Å². The average Bonchev–Trinajstić information content (AvgIpc) is 1.69. The minimum Gasteiger partial charge on any atom is -0.462 e. The Labute approximate surface area is 554 Å². The molecule has 25 atom stereocenters. The number of rotatable bonds is 30. The van der Waals surface area contributed by atoms with Crippen LogP contribution in [-0.2, 0) is 63.7 Å². The minimum absolute atomic E-state index is 0.0936. The van der Waals surface area contributed by atoms with Crippen LogP contribution in [-0.4, -0.2) is 317 Å². The molecule has 0 aromatic heterocycles. The summed E-state index contributed by atoms with van der Waals surface area (Å²) in [4.78, 5) is 98.7. The Hall–Kier alpha value is -7.45. The van der Waals surface area contributed by atoms with Gasteiger partial charge in [0, 0.05) is 25.2 Å². The van der Waals surface area contributed by atoms with E-state index in [2.05, 4.69) is 37.2 Å². The molecule has 5 aliphatic rings. The predicted molar refractivity (Wildman–Crippen MR) is 328 cm³/mol. The molecule has 0 spiro atoms. The number of ether oxygens (including phenoxy) is 6. The molecule has 5 fully saturated rings. The van der Waals surface area contributed by atoms with Crippen LogP contribution >= 0.6 is 0 Å². The molecule has 5 saturated heterocycles. The molecule has 97 heavy (non-hydrogen) atoms. The van der Waals surface area contributed by atoms with Crippen LogP contribution in [0, 0.1) is 16.7 Å². The molecule has 2 aromatic rings. The monoisotopic (exact) mass is 1380 g/mol. The molecule has 5 aliphatic heterocycles. The summed E-state index contributed by atoms with van der Waals surface area (Å²) < 4.78 is 34.1. The number of carbonyl (C=O) groups excluding carboxylic acids is 7. The molecule has 38 heteroatoms. The van der Waals surface area contributed by atoms with Gasteiger partial charge >= 0.3 is 5.97 Å². The Kier molecular flexibility index (Phi) is 26.9. The molecular weight excluding hydrogens is 1290 g/mol. The fourth-order valence-electron chi connectivity index (χ4n) is 11.5. The van der Waals surface area contributed by atoms with Gasteiger partial charge in [-0.2, -0.15) is 0 Å². The number of benzene rings is 2. The van der Waals surface area contributed by atoms with E-state index in [4.69, 9.17) is 45.0 Å². The lowest BCUT2D eigenvalue weighted by Crippen LogP contribution is -2.73. The molecule has 0 aliphatic carbocycles. The number of esters is 1. The second kappa shape index (κ2) is 33.9. The highest BCUT2D eigenvalue weighted by molar-refractivity contribution is 6.04. The van der Waals surface area contributed by atoms with Crippen LogP contribution in [0.5, 0.6) is 5.75 Å². The van der Waals surface area contributed by atoms with Gasteiger partial charge in [-0.1, -0.05) is 44.2 Å². The number of hydrogen-bond acceptors (Lipinski definition) is 29. The second-order valence-electron chi connectivity index (χ2n) is 24.1. The summed E-state index contributed by atoms with van der Waals surface area (Å²) in [6.07, 6.45) is -27.9. The number of anilines is 1. The molecule has 0 saturated carbocycles. The van der Waals surface area contributed by atoms with E-state index in [1.807, 2.05) is 0 Å². The van der Waals surface area contributed by atoms with Crippen LogP contribution in [0.15, 0.2) is 54.6 Å². The second-order valence-corrected chi connectivity index (χ2v) is 24.1. The fraction of sp³-hybridized carbons (Fsp3) is 0.644. The SMILES string of the molecule is CCC(C)C(=O)OC1C(CO)OC(OC2C(CO)OC(Oc3ccc(C[C@H](NC(=O)[C@H](C)NC(=O)CN)C(=O)N[C@H](C(=O)N[C@H](C(=O)N(c4ccccc4)[C@H]([C]=O)CO)C(C)(O)C4CNC(=N)N4C4OC(CO)C(O)C(O)C4O)C(O)C4CNC(=N)N4)cc3)C(O)C2O)C(O)C1O. The molecule has 0 bridgehead atoms. The standard InChI is InChI=1S/C59H87N12O26/c1-5-24(2)54(90)96-46-33(22-75)95-56(45(85)41(46)81)97-47-34(23-76)94-55(44(84)42(47)82)92-29-13-11-26(12-14-29)15-30(66-49(86)25(3)65-36(77)16-60)50(87)68-37(38(78)31-17-63-57(61)67-31)51(88)69-48(52(89)70(28(19-72)20-73)27-9-7-6-8-10-27)59(4,91)35-18-64-58(62)71(35)53-43(83)40(80)39(79)32(21-74)93-53/h6-14,24-25,28,30-35,37-48,53,55-56,72,74-76,78-85,91H,5,15-19,21-23,60H2,1-4H3,(H2,62,64)(H,65,77)(H,66,86)(H,68,87)(H,69,88)(H3,61,63,67)/t24?,25-,28-,30-,31?,32?,33?,34?,35?,37-,38?,39?,40?,41?,42?,43?,44?,45?,46?,47?,48+,53?,55?,56?,59?/m0/s1. The third-order valence-corrected chi connectivity index (χ3v) is 17.4. The number of nitrogens with two attached hydrogens (primary N) is 1. The summed E-state index contributed by atoms with van der Waals surface area (Å²) >= 11 is 0. The van der Waals surface area contributed by atoms with Gasteiger partial charge in [0.1, 0.15) is 115 Å². The third kappa shape index (κ3) is 17.5. The fourth-order valence-corrected chi connectivity index (χ4v) is 11.5. The van der Waals surface area contributed by atoms with Crippen LogP contribution in [0.25, 0.3) is 0 Å². The third-order valence-electron chi connectivity index (χ3n) is 17.4. The van der Waals surface area contributed by atoms with Gasteiger partial charge < -0.3 is 143 Å². The van der Waals surface area contributed by atoms with Crippen LogP contribution < -0.4 is 52.6 Å². The summed E-state index contributed by atoms with van der Waals surface area (Å²) in [7, 11) is 0. The van der Waals surface area contributed by atoms with Crippen LogP contribution in [0.4, 0.5) is 5.69 Å². The van der Waals surface area contributed by atoms with Crippen molar-refractivity contribution in [2.24, 2.45) is 11.7 Å². The Morgan fingerprint density at radius 2 is 1.37 bits per heavy atom. The maximum absolute atomic E-state index is 15.4. The number of hydrogen-bond donors (Lipinski definition) is 23. The van der Waals surface area contributed by atoms with Crippen LogP contribution in [0.2, 0.25) is 0 Å². The number of nitrogens with one attached hydrogen (secondary N) is 9. The highest BCUT2D eigenvalue weighted by atomic mass is 16.7. The molecule has 539 valence electrons. The van der Waals surface area contributed by atoms with E-state index >= 15 is 9.59 Å². The summed E-state index contributed by atoms with van der Waals surface area (Å²) in [5.74, 6) is -8.37. The van der Waals surface area contributed by atoms with Gasteiger partial charge in [0.05, 0.1) is 51.0 Å². The van der Waals surface area contributed by atoms with E-state index < -0.39 is 239 Å². The van der Waals surface area contributed by atoms with Crippen molar-refractivity contribution in [2.75, 3.05) is 51.0 Å². The van der Waals surface area contributed by atoms with Crippen molar-refractivity contribution in [3.05, 3.63) is 60.2 Å². The Morgan fingerprint density at radius 3 is 1.96 bits per heavy atom. The Balaban J connectivity index is 1.17. The van der Waals surface area contributed by atoms with Crippen molar-refractivity contribution in [3.63, 3.8) is 0 Å². The van der Waals surface area contributed by atoms with E-state index in [0.29, 0.717) is 11.3 Å². The van der Waals surface area contributed by atoms with Crippen molar-refractivity contribution in [1.29, 1.82) is 10.8 Å². The van der Waals surface area contributed by atoms with Gasteiger partial charge in [-0.15, -0.1) is 0 Å². The van der Waals surface area contributed by atoms with Crippen LogP contribution in [0.1, 0.15) is 39.7 Å². The van der Waals surface area contributed by atoms with E-state index in [1.54, 1.807) is 13.8 Å². The number of nitrogens with zero attached hydrogens (tertiary/aromatic N) is 2. The largest absolute Gasteiger partial charge is 0.462 e. The Morgan fingerprint density at radius 1 is 0.753 bits per heavy atom. The highest BCUT2D eigenvalue weighted by Crippen LogP contribution is 2.35. The lowest BCUT2D eigenvalue weighted by Gasteiger charge is -2.49. The van der Waals surface area contributed by atoms with Crippen molar-refractivity contribution in [3.8, 4) is 5.75 Å². The van der Waals surface area contributed by atoms with Crippen molar-refractivity contribution >= 4 is 59.4 Å². The Bertz CT molecular complexity index is 3030. The van der Waals surface area contributed by atoms with Crippen molar-refractivity contribution in [2.45, 2.75) is 187 Å². The smallest absolute Gasteiger partial charge is 0.309 e. The number of aliphatic hydroxyl groups excluding tert-OH is 12. The lowest BCUT2D eigenvalue weighted by molar-refractivity contribution is -0.353. The number of carbonyl (C=O) groups is 6. The van der Waals surface area contributed by atoms with Gasteiger partial charge in [0.25, 0.3) is 5.91 Å².